The Hall–Kier alpha value is -2.17. The second kappa shape index (κ2) is 4.25. The minimum Gasteiger partial charge on any atom is -0.490 e. The Kier molecular flexibility index (Phi) is 2.59. The fourth-order valence-corrected chi connectivity index (χ4v) is 1.67. The molecule has 1 aliphatic carbocycles. The van der Waals surface area contributed by atoms with Crippen LogP contribution in [-0.2, 0) is 0 Å². The van der Waals surface area contributed by atoms with Crippen LogP contribution in [0.5, 0.6) is 5.75 Å². The van der Waals surface area contributed by atoms with E-state index in [9.17, 15) is 9.18 Å². The average Bonchev–Trinajstić information content (AvgIpc) is 3.17. The van der Waals surface area contributed by atoms with Gasteiger partial charge in [0.25, 0.3) is 0 Å². The zero-order valence-corrected chi connectivity index (χ0v) is 9.52. The van der Waals surface area contributed by atoms with Gasteiger partial charge in [-0.1, -0.05) is 0 Å². The Balaban J connectivity index is 1.91. The molecule has 1 aromatic carbocycles. The highest BCUT2D eigenvalue weighted by Crippen LogP contribution is 2.28. The van der Waals surface area contributed by atoms with Crippen LogP contribution in [0.3, 0.4) is 0 Å². The molecule has 0 spiro atoms. The maximum atomic E-state index is 13.5. The molecule has 1 N–H and O–H groups in total. The Morgan fingerprint density at radius 3 is 2.67 bits per heavy atom. The summed E-state index contributed by atoms with van der Waals surface area (Å²) < 4.78 is 19.1. The van der Waals surface area contributed by atoms with Crippen molar-refractivity contribution < 1.29 is 9.13 Å². The van der Waals surface area contributed by atoms with E-state index in [1.54, 1.807) is 24.3 Å². The summed E-state index contributed by atoms with van der Waals surface area (Å²) in [6, 6.07) is 6.97. The molecular formula is C13H11FN2O2. The van der Waals surface area contributed by atoms with Crippen LogP contribution in [0.1, 0.15) is 12.8 Å². The molecular weight excluding hydrogens is 235 g/mol. The topological polar surface area (TPSA) is 55.0 Å². The molecule has 4 nitrogen and oxygen atoms in total. The molecule has 0 amide bonds. The van der Waals surface area contributed by atoms with E-state index < -0.39 is 11.5 Å². The van der Waals surface area contributed by atoms with Gasteiger partial charge in [-0.3, -0.25) is 0 Å². The normalized spacial score (nSPS) is 14.5. The van der Waals surface area contributed by atoms with Gasteiger partial charge in [0.2, 0.25) is 0 Å². The van der Waals surface area contributed by atoms with E-state index in [0.717, 1.165) is 24.8 Å². The lowest BCUT2D eigenvalue weighted by Crippen LogP contribution is -2.11. The minimum atomic E-state index is -0.565. The van der Waals surface area contributed by atoms with E-state index in [0.29, 0.717) is 11.7 Å². The zero-order valence-electron chi connectivity index (χ0n) is 9.52. The van der Waals surface area contributed by atoms with Gasteiger partial charge in [0, 0.05) is 5.56 Å². The number of aromatic amines is 1. The molecule has 18 heavy (non-hydrogen) atoms. The van der Waals surface area contributed by atoms with Crippen molar-refractivity contribution in [2.75, 3.05) is 0 Å². The summed E-state index contributed by atoms with van der Waals surface area (Å²) in [5.74, 6) is 0.212. The predicted octanol–water partition coefficient (Wildman–Crippen LogP) is 2.12. The third-order valence-corrected chi connectivity index (χ3v) is 2.74. The smallest absolute Gasteiger partial charge is 0.345 e. The number of nitrogens with zero attached hydrogens (tertiary/aromatic N) is 1. The van der Waals surface area contributed by atoms with Gasteiger partial charge in [0.1, 0.15) is 5.75 Å². The molecule has 0 aliphatic heterocycles. The van der Waals surface area contributed by atoms with Gasteiger partial charge < -0.3 is 9.72 Å². The van der Waals surface area contributed by atoms with Crippen molar-refractivity contribution in [1.82, 2.24) is 9.97 Å². The van der Waals surface area contributed by atoms with Crippen molar-refractivity contribution in [3.05, 3.63) is 46.8 Å². The van der Waals surface area contributed by atoms with E-state index in [1.807, 2.05) is 0 Å². The lowest BCUT2D eigenvalue weighted by Gasteiger charge is -2.06. The Morgan fingerprint density at radius 2 is 2.00 bits per heavy atom. The first-order valence-corrected chi connectivity index (χ1v) is 5.74. The summed E-state index contributed by atoms with van der Waals surface area (Å²) in [6.45, 7) is 0. The number of ether oxygens (including phenoxy) is 1. The highest BCUT2D eigenvalue weighted by Gasteiger charge is 2.23. The lowest BCUT2D eigenvalue weighted by atomic mass is 10.1. The first kappa shape index (κ1) is 11.0. The van der Waals surface area contributed by atoms with Gasteiger partial charge in [-0.05, 0) is 37.1 Å². The molecule has 0 radical (unpaired) electrons. The number of hydrogen-bond donors (Lipinski definition) is 1. The number of benzene rings is 1. The summed E-state index contributed by atoms with van der Waals surface area (Å²) in [7, 11) is 0. The van der Waals surface area contributed by atoms with Crippen molar-refractivity contribution in [3.8, 4) is 17.0 Å². The van der Waals surface area contributed by atoms with Crippen LogP contribution in [0.15, 0.2) is 35.3 Å². The SMILES string of the molecule is O=c1ncc(F)c(-c2ccc(OC3CC3)cc2)[nH]1. The van der Waals surface area contributed by atoms with Crippen LogP contribution < -0.4 is 10.4 Å². The van der Waals surface area contributed by atoms with Gasteiger partial charge in [-0.25, -0.2) is 9.18 Å². The van der Waals surface area contributed by atoms with Crippen molar-refractivity contribution in [1.29, 1.82) is 0 Å². The van der Waals surface area contributed by atoms with E-state index in [4.69, 9.17) is 4.74 Å². The molecule has 92 valence electrons. The van der Waals surface area contributed by atoms with Crippen molar-refractivity contribution in [2.45, 2.75) is 18.9 Å². The molecule has 0 atom stereocenters. The van der Waals surface area contributed by atoms with Crippen LogP contribution in [0.4, 0.5) is 4.39 Å². The summed E-state index contributed by atoms with van der Waals surface area (Å²) in [4.78, 5) is 16.8. The first-order valence-electron chi connectivity index (χ1n) is 5.74. The molecule has 0 bridgehead atoms. The molecule has 1 saturated carbocycles. The summed E-state index contributed by atoms with van der Waals surface area (Å²) in [5, 5.41) is 0. The summed E-state index contributed by atoms with van der Waals surface area (Å²) in [6.07, 6.45) is 3.43. The lowest BCUT2D eigenvalue weighted by molar-refractivity contribution is 0.303. The van der Waals surface area contributed by atoms with Crippen molar-refractivity contribution >= 4 is 0 Å². The maximum Gasteiger partial charge on any atom is 0.345 e. The Bertz CT molecular complexity index is 618. The third kappa shape index (κ3) is 2.25. The van der Waals surface area contributed by atoms with Crippen molar-refractivity contribution in [2.24, 2.45) is 0 Å². The standard InChI is InChI=1S/C13H11FN2O2/c14-11-7-15-13(17)16-12(11)8-1-3-9(4-2-8)18-10-5-6-10/h1-4,7,10H,5-6H2,(H,15,16,17). The van der Waals surface area contributed by atoms with E-state index in [2.05, 4.69) is 9.97 Å². The van der Waals surface area contributed by atoms with Crippen LogP contribution in [0.2, 0.25) is 0 Å². The van der Waals surface area contributed by atoms with Crippen LogP contribution in [-0.4, -0.2) is 16.1 Å². The number of nitrogens with one attached hydrogen (secondary N) is 1. The molecule has 0 saturated heterocycles. The number of aromatic nitrogens is 2. The van der Waals surface area contributed by atoms with E-state index in [1.165, 1.54) is 0 Å². The second-order valence-corrected chi connectivity index (χ2v) is 4.25. The molecule has 5 heteroatoms. The fourth-order valence-electron chi connectivity index (χ4n) is 1.67. The predicted molar refractivity (Wildman–Crippen MR) is 63.9 cm³/mol. The minimum absolute atomic E-state index is 0.146. The zero-order chi connectivity index (χ0) is 12.5. The van der Waals surface area contributed by atoms with Gasteiger partial charge in [-0.2, -0.15) is 4.98 Å². The number of halogens is 1. The quantitative estimate of drug-likeness (QED) is 0.902. The molecule has 1 fully saturated rings. The molecule has 1 aliphatic rings. The van der Waals surface area contributed by atoms with E-state index in [-0.39, 0.29) is 5.69 Å². The van der Waals surface area contributed by atoms with Gasteiger partial charge >= 0.3 is 5.69 Å². The highest BCUT2D eigenvalue weighted by atomic mass is 19.1. The number of rotatable bonds is 3. The Morgan fingerprint density at radius 1 is 1.28 bits per heavy atom. The van der Waals surface area contributed by atoms with Crippen LogP contribution >= 0.6 is 0 Å². The molecule has 3 rings (SSSR count). The number of hydrogen-bond acceptors (Lipinski definition) is 3. The molecule has 2 aromatic rings. The van der Waals surface area contributed by atoms with Gasteiger partial charge in [0.15, 0.2) is 5.82 Å². The highest BCUT2D eigenvalue weighted by molar-refractivity contribution is 5.60. The molecule has 1 heterocycles. The largest absolute Gasteiger partial charge is 0.490 e. The molecule has 1 aromatic heterocycles. The fraction of sp³-hybridized carbons (Fsp3) is 0.231. The third-order valence-electron chi connectivity index (χ3n) is 2.74. The van der Waals surface area contributed by atoms with Crippen LogP contribution in [0, 0.1) is 5.82 Å². The molecule has 0 unspecified atom stereocenters. The van der Waals surface area contributed by atoms with Gasteiger partial charge in [-0.15, -0.1) is 0 Å². The monoisotopic (exact) mass is 246 g/mol. The Labute approximate surface area is 102 Å². The maximum absolute atomic E-state index is 13.5. The van der Waals surface area contributed by atoms with E-state index >= 15 is 0 Å². The van der Waals surface area contributed by atoms with Crippen molar-refractivity contribution in [3.63, 3.8) is 0 Å². The number of H-pyrrole nitrogens is 1. The summed E-state index contributed by atoms with van der Waals surface area (Å²) >= 11 is 0. The average molecular weight is 246 g/mol. The van der Waals surface area contributed by atoms with Crippen LogP contribution in [0.25, 0.3) is 11.3 Å². The first-order chi connectivity index (χ1) is 8.72. The van der Waals surface area contributed by atoms with Gasteiger partial charge in [0.05, 0.1) is 18.0 Å². The second-order valence-electron chi connectivity index (χ2n) is 4.25. The summed E-state index contributed by atoms with van der Waals surface area (Å²) in [5.41, 5.74) is 0.174.